The molecule has 21 heavy (non-hydrogen) atoms. The Kier molecular flexibility index (Phi) is 5.79. The lowest BCUT2D eigenvalue weighted by molar-refractivity contribution is -0.128. The predicted molar refractivity (Wildman–Crippen MR) is 85.2 cm³/mol. The van der Waals surface area contributed by atoms with E-state index in [-0.39, 0.29) is 12.5 Å². The number of hydrogen-bond acceptors (Lipinski definition) is 3. The number of hydrogen-bond donors (Lipinski definition) is 1. The maximum Gasteiger partial charge on any atom is 0.249 e. The van der Waals surface area contributed by atoms with Crippen LogP contribution >= 0.6 is 11.6 Å². The van der Waals surface area contributed by atoms with Gasteiger partial charge in [-0.2, -0.15) is 0 Å². The summed E-state index contributed by atoms with van der Waals surface area (Å²) in [5.74, 6) is 0.0682. The van der Waals surface area contributed by atoms with Gasteiger partial charge in [0.05, 0.1) is 6.61 Å². The van der Waals surface area contributed by atoms with E-state index in [4.69, 9.17) is 16.7 Å². The summed E-state index contributed by atoms with van der Waals surface area (Å²) in [6.07, 6.45) is 1.87. The Hall–Kier alpha value is -1.36. The third-order valence-electron chi connectivity index (χ3n) is 3.64. The third-order valence-corrected chi connectivity index (χ3v) is 3.88. The van der Waals surface area contributed by atoms with E-state index in [9.17, 15) is 4.79 Å². The standard InChI is InChI=1S/C16H21ClN2O2/c1-13(11-14-3-2-4-15(17)12-14)16(21)19-7-5-18(6-8-19)9-10-20/h2-4,11-12,20H,5-10H2,1H3/b13-11-. The minimum Gasteiger partial charge on any atom is -0.395 e. The summed E-state index contributed by atoms with van der Waals surface area (Å²) in [6.45, 7) is 5.73. The highest BCUT2D eigenvalue weighted by molar-refractivity contribution is 6.30. The number of benzene rings is 1. The van der Waals surface area contributed by atoms with Crippen LogP contribution < -0.4 is 0 Å². The van der Waals surface area contributed by atoms with Crippen molar-refractivity contribution in [3.8, 4) is 0 Å². The van der Waals surface area contributed by atoms with E-state index in [2.05, 4.69) is 4.90 Å². The van der Waals surface area contributed by atoms with Crippen LogP contribution in [0.1, 0.15) is 12.5 Å². The molecule has 0 radical (unpaired) electrons. The molecule has 1 aromatic carbocycles. The molecule has 0 spiro atoms. The van der Waals surface area contributed by atoms with Crippen molar-refractivity contribution in [2.45, 2.75) is 6.92 Å². The monoisotopic (exact) mass is 308 g/mol. The molecule has 114 valence electrons. The quantitative estimate of drug-likeness (QED) is 0.864. The predicted octanol–water partition coefficient (Wildman–Crippen LogP) is 1.88. The van der Waals surface area contributed by atoms with Crippen molar-refractivity contribution in [1.82, 2.24) is 9.80 Å². The maximum absolute atomic E-state index is 12.4. The van der Waals surface area contributed by atoms with Crippen molar-refractivity contribution in [3.63, 3.8) is 0 Å². The second-order valence-electron chi connectivity index (χ2n) is 5.24. The van der Waals surface area contributed by atoms with Crippen molar-refractivity contribution in [2.75, 3.05) is 39.3 Å². The molecule has 0 unspecified atom stereocenters. The first-order valence-electron chi connectivity index (χ1n) is 7.16. The summed E-state index contributed by atoms with van der Waals surface area (Å²) in [4.78, 5) is 16.4. The molecule has 2 rings (SSSR count). The first kappa shape index (κ1) is 16.0. The lowest BCUT2D eigenvalue weighted by Crippen LogP contribution is -2.49. The normalized spacial score (nSPS) is 17.1. The van der Waals surface area contributed by atoms with Crippen molar-refractivity contribution < 1.29 is 9.90 Å². The smallest absolute Gasteiger partial charge is 0.249 e. The Balaban J connectivity index is 1.97. The number of piperazine rings is 1. The van der Waals surface area contributed by atoms with Gasteiger partial charge >= 0.3 is 0 Å². The number of nitrogens with zero attached hydrogens (tertiary/aromatic N) is 2. The van der Waals surface area contributed by atoms with Crippen LogP contribution in [-0.2, 0) is 4.79 Å². The second kappa shape index (κ2) is 7.59. The summed E-state index contributed by atoms with van der Waals surface area (Å²) < 4.78 is 0. The van der Waals surface area contributed by atoms with Gasteiger partial charge < -0.3 is 10.0 Å². The fourth-order valence-corrected chi connectivity index (χ4v) is 2.67. The summed E-state index contributed by atoms with van der Waals surface area (Å²) in [5, 5.41) is 9.59. The van der Waals surface area contributed by atoms with E-state index < -0.39 is 0 Å². The van der Waals surface area contributed by atoms with E-state index in [1.54, 1.807) is 0 Å². The first-order valence-corrected chi connectivity index (χ1v) is 7.54. The highest BCUT2D eigenvalue weighted by atomic mass is 35.5. The zero-order chi connectivity index (χ0) is 15.2. The van der Waals surface area contributed by atoms with Gasteiger partial charge in [-0.15, -0.1) is 0 Å². The van der Waals surface area contributed by atoms with Crippen LogP contribution in [0.5, 0.6) is 0 Å². The number of halogens is 1. The summed E-state index contributed by atoms with van der Waals surface area (Å²) in [5.41, 5.74) is 1.65. The van der Waals surface area contributed by atoms with Gasteiger partial charge in [0, 0.05) is 43.3 Å². The number of rotatable bonds is 4. The van der Waals surface area contributed by atoms with Crippen LogP contribution in [0.2, 0.25) is 5.02 Å². The SMILES string of the molecule is C/C(=C/c1cccc(Cl)c1)C(=O)N1CCN(CCO)CC1. The number of amides is 1. The maximum atomic E-state index is 12.4. The molecule has 0 bridgehead atoms. The highest BCUT2D eigenvalue weighted by Crippen LogP contribution is 2.15. The van der Waals surface area contributed by atoms with Gasteiger partial charge in [0.2, 0.25) is 5.91 Å². The fraction of sp³-hybridized carbons (Fsp3) is 0.438. The Morgan fingerprint density at radius 2 is 2.05 bits per heavy atom. The van der Waals surface area contributed by atoms with Gasteiger partial charge in [-0.25, -0.2) is 0 Å². The number of carbonyl (C=O) groups is 1. The van der Waals surface area contributed by atoms with Crippen LogP contribution in [-0.4, -0.2) is 60.1 Å². The van der Waals surface area contributed by atoms with Crippen molar-refractivity contribution in [2.24, 2.45) is 0 Å². The average Bonchev–Trinajstić information content (AvgIpc) is 2.47. The van der Waals surface area contributed by atoms with E-state index >= 15 is 0 Å². The molecule has 0 atom stereocenters. The molecule has 0 aromatic heterocycles. The van der Waals surface area contributed by atoms with Crippen LogP contribution in [0.25, 0.3) is 6.08 Å². The minimum absolute atomic E-state index is 0.0682. The minimum atomic E-state index is 0.0682. The Morgan fingerprint density at radius 1 is 1.33 bits per heavy atom. The van der Waals surface area contributed by atoms with Gasteiger partial charge in [-0.3, -0.25) is 9.69 Å². The van der Waals surface area contributed by atoms with Crippen LogP contribution in [0, 0.1) is 0 Å². The topological polar surface area (TPSA) is 43.8 Å². The van der Waals surface area contributed by atoms with Crippen molar-refractivity contribution in [3.05, 3.63) is 40.4 Å². The third kappa shape index (κ3) is 4.56. The number of β-amino-alcohol motifs (C(OH)–C–C–N with tert-alkyl or cyclic N) is 1. The van der Waals surface area contributed by atoms with E-state index in [0.29, 0.717) is 30.2 Å². The van der Waals surface area contributed by atoms with Gasteiger partial charge in [0.15, 0.2) is 0 Å². The van der Waals surface area contributed by atoms with Crippen LogP contribution in [0.15, 0.2) is 29.8 Å². The molecule has 1 aliphatic rings. The molecule has 1 aromatic rings. The first-order chi connectivity index (χ1) is 10.1. The van der Waals surface area contributed by atoms with Gasteiger partial charge in [0.1, 0.15) is 0 Å². The number of aliphatic hydroxyl groups excluding tert-OH is 1. The molecule has 1 fully saturated rings. The van der Waals surface area contributed by atoms with Crippen LogP contribution in [0.4, 0.5) is 0 Å². The molecule has 0 saturated carbocycles. The van der Waals surface area contributed by atoms with Crippen LogP contribution in [0.3, 0.4) is 0 Å². The largest absolute Gasteiger partial charge is 0.395 e. The Bertz CT molecular complexity index is 523. The molecule has 1 heterocycles. The highest BCUT2D eigenvalue weighted by Gasteiger charge is 2.21. The summed E-state index contributed by atoms with van der Waals surface area (Å²) >= 11 is 5.95. The zero-order valence-corrected chi connectivity index (χ0v) is 13.0. The molecule has 1 aliphatic heterocycles. The Labute approximate surface area is 130 Å². The van der Waals surface area contributed by atoms with Crippen molar-refractivity contribution >= 4 is 23.6 Å². The molecule has 1 N–H and O–H groups in total. The summed E-state index contributed by atoms with van der Waals surface area (Å²) in [6, 6.07) is 7.47. The number of aliphatic hydroxyl groups is 1. The van der Waals surface area contributed by atoms with Gasteiger partial charge in [-0.1, -0.05) is 23.7 Å². The van der Waals surface area contributed by atoms with E-state index in [0.717, 1.165) is 18.7 Å². The molecule has 0 aliphatic carbocycles. The molecule has 5 heteroatoms. The zero-order valence-electron chi connectivity index (χ0n) is 12.3. The molecule has 4 nitrogen and oxygen atoms in total. The fourth-order valence-electron chi connectivity index (χ4n) is 2.47. The van der Waals surface area contributed by atoms with E-state index in [1.807, 2.05) is 42.2 Å². The molecule has 1 amide bonds. The number of carbonyl (C=O) groups excluding carboxylic acids is 1. The van der Waals surface area contributed by atoms with E-state index in [1.165, 1.54) is 0 Å². The Morgan fingerprint density at radius 3 is 2.67 bits per heavy atom. The second-order valence-corrected chi connectivity index (χ2v) is 5.68. The van der Waals surface area contributed by atoms with Crippen molar-refractivity contribution in [1.29, 1.82) is 0 Å². The van der Waals surface area contributed by atoms with Gasteiger partial charge in [0.25, 0.3) is 0 Å². The average molecular weight is 309 g/mol. The van der Waals surface area contributed by atoms with Gasteiger partial charge in [-0.05, 0) is 30.7 Å². The lowest BCUT2D eigenvalue weighted by Gasteiger charge is -2.34. The molecular formula is C16H21ClN2O2. The lowest BCUT2D eigenvalue weighted by atomic mass is 10.1. The molecule has 1 saturated heterocycles. The summed E-state index contributed by atoms with van der Waals surface area (Å²) in [7, 11) is 0. The molecular weight excluding hydrogens is 288 g/mol.